The Morgan fingerprint density at radius 2 is 1.09 bits per heavy atom. The van der Waals surface area contributed by atoms with Gasteiger partial charge in [-0.3, -0.25) is 4.90 Å². The predicted molar refractivity (Wildman–Crippen MR) is 134 cm³/mol. The van der Waals surface area contributed by atoms with Crippen LogP contribution < -0.4 is 5.32 Å². The third-order valence-corrected chi connectivity index (χ3v) is 6.64. The molecular formula is C30H30N2. The minimum absolute atomic E-state index is 0.339. The maximum Gasteiger partial charge on any atom is 0.0973 e. The number of nitrogens with zero attached hydrogens (tertiary/aromatic N) is 1. The van der Waals surface area contributed by atoms with E-state index in [-0.39, 0.29) is 5.54 Å². The third kappa shape index (κ3) is 3.77. The molecular weight excluding hydrogens is 388 g/mol. The standard InChI is InChI=1S/C30H30N2/c1-24-23-32(22-21-31-24)30(27-13-7-3-8-14-27,28-15-9-4-10-16-28)29-19-17-26(18-20-29)25-11-5-2-6-12-25/h2-20,24,31H,21-23H2,1H3. The monoisotopic (exact) mass is 418 g/mol. The summed E-state index contributed by atoms with van der Waals surface area (Å²) in [6.07, 6.45) is 0. The van der Waals surface area contributed by atoms with Crippen molar-refractivity contribution in [1.82, 2.24) is 10.2 Å². The molecule has 1 aliphatic heterocycles. The molecule has 0 saturated carbocycles. The molecule has 1 N–H and O–H groups in total. The van der Waals surface area contributed by atoms with E-state index in [0.717, 1.165) is 19.6 Å². The van der Waals surface area contributed by atoms with Crippen LogP contribution in [0.5, 0.6) is 0 Å². The van der Waals surface area contributed by atoms with Crippen LogP contribution in [0.25, 0.3) is 11.1 Å². The van der Waals surface area contributed by atoms with E-state index in [1.165, 1.54) is 27.8 Å². The van der Waals surface area contributed by atoms with Crippen LogP contribution in [0.3, 0.4) is 0 Å². The molecule has 1 atom stereocenters. The molecule has 4 aromatic carbocycles. The lowest BCUT2D eigenvalue weighted by Gasteiger charge is -2.48. The fraction of sp³-hybridized carbons (Fsp3) is 0.200. The van der Waals surface area contributed by atoms with Crippen molar-refractivity contribution in [2.75, 3.05) is 19.6 Å². The van der Waals surface area contributed by atoms with Crippen molar-refractivity contribution in [3.63, 3.8) is 0 Å². The molecule has 1 aliphatic rings. The summed E-state index contributed by atoms with van der Waals surface area (Å²) in [5.41, 5.74) is 6.09. The Bertz CT molecular complexity index is 1080. The van der Waals surface area contributed by atoms with Crippen molar-refractivity contribution in [1.29, 1.82) is 0 Å². The van der Waals surface area contributed by atoms with Crippen molar-refractivity contribution in [2.45, 2.75) is 18.5 Å². The first-order valence-electron chi connectivity index (χ1n) is 11.5. The molecule has 160 valence electrons. The second-order valence-corrected chi connectivity index (χ2v) is 8.69. The summed E-state index contributed by atoms with van der Waals surface area (Å²) in [5, 5.41) is 3.63. The highest BCUT2D eigenvalue weighted by Crippen LogP contribution is 2.43. The SMILES string of the molecule is CC1CN(C(c2ccccc2)(c2ccccc2)c2ccc(-c3ccccc3)cc2)CCN1. The van der Waals surface area contributed by atoms with Gasteiger partial charge in [-0.1, -0.05) is 115 Å². The van der Waals surface area contributed by atoms with Crippen LogP contribution in [0, 0.1) is 0 Å². The summed E-state index contributed by atoms with van der Waals surface area (Å²) in [7, 11) is 0. The lowest BCUT2D eigenvalue weighted by molar-refractivity contribution is 0.115. The zero-order chi connectivity index (χ0) is 21.8. The number of nitrogens with one attached hydrogen (secondary N) is 1. The van der Waals surface area contributed by atoms with Crippen LogP contribution in [0.2, 0.25) is 0 Å². The van der Waals surface area contributed by atoms with Gasteiger partial charge in [0, 0.05) is 25.7 Å². The lowest BCUT2D eigenvalue weighted by atomic mass is 9.74. The Labute approximate surface area is 191 Å². The summed E-state index contributed by atoms with van der Waals surface area (Å²) >= 11 is 0. The zero-order valence-corrected chi connectivity index (χ0v) is 18.6. The fourth-order valence-electron chi connectivity index (χ4n) is 5.18. The molecule has 32 heavy (non-hydrogen) atoms. The van der Waals surface area contributed by atoms with Crippen LogP contribution in [0.15, 0.2) is 115 Å². The largest absolute Gasteiger partial charge is 0.312 e. The Balaban J connectivity index is 1.72. The minimum Gasteiger partial charge on any atom is -0.312 e. The number of piperazine rings is 1. The van der Waals surface area contributed by atoms with Gasteiger partial charge in [-0.2, -0.15) is 0 Å². The van der Waals surface area contributed by atoms with Crippen LogP contribution in [0.1, 0.15) is 23.6 Å². The van der Waals surface area contributed by atoms with E-state index in [1.807, 2.05) is 0 Å². The zero-order valence-electron chi connectivity index (χ0n) is 18.6. The van der Waals surface area contributed by atoms with E-state index in [4.69, 9.17) is 0 Å². The van der Waals surface area contributed by atoms with Crippen molar-refractivity contribution < 1.29 is 0 Å². The Kier molecular flexibility index (Phi) is 5.89. The molecule has 5 rings (SSSR count). The van der Waals surface area contributed by atoms with Gasteiger partial charge in [0.05, 0.1) is 5.54 Å². The van der Waals surface area contributed by atoms with Gasteiger partial charge in [0.25, 0.3) is 0 Å². The van der Waals surface area contributed by atoms with E-state index in [0.29, 0.717) is 6.04 Å². The number of hydrogen-bond acceptors (Lipinski definition) is 2. The molecule has 0 spiro atoms. The van der Waals surface area contributed by atoms with Crippen molar-refractivity contribution in [3.8, 4) is 11.1 Å². The van der Waals surface area contributed by atoms with Gasteiger partial charge in [0.15, 0.2) is 0 Å². The van der Waals surface area contributed by atoms with Gasteiger partial charge in [0.1, 0.15) is 0 Å². The Hall–Kier alpha value is -3.20. The van der Waals surface area contributed by atoms with E-state index < -0.39 is 0 Å². The first-order valence-corrected chi connectivity index (χ1v) is 11.5. The predicted octanol–water partition coefficient (Wildman–Crippen LogP) is 5.94. The van der Waals surface area contributed by atoms with E-state index in [2.05, 4.69) is 132 Å². The normalized spacial score (nSPS) is 17.2. The highest BCUT2D eigenvalue weighted by atomic mass is 15.3. The summed E-state index contributed by atoms with van der Waals surface area (Å²) in [6.45, 7) is 5.26. The van der Waals surface area contributed by atoms with Crippen LogP contribution in [0.4, 0.5) is 0 Å². The molecule has 4 aromatic rings. The molecule has 0 radical (unpaired) electrons. The molecule has 0 aliphatic carbocycles. The molecule has 0 bridgehead atoms. The van der Waals surface area contributed by atoms with Gasteiger partial charge in [-0.05, 0) is 34.7 Å². The Morgan fingerprint density at radius 1 is 0.625 bits per heavy atom. The number of benzene rings is 4. The summed E-state index contributed by atoms with van der Waals surface area (Å²) in [4.78, 5) is 2.66. The van der Waals surface area contributed by atoms with Crippen LogP contribution in [-0.4, -0.2) is 30.6 Å². The van der Waals surface area contributed by atoms with Gasteiger partial charge in [0.2, 0.25) is 0 Å². The highest BCUT2D eigenvalue weighted by Gasteiger charge is 2.43. The van der Waals surface area contributed by atoms with Crippen molar-refractivity contribution >= 4 is 0 Å². The van der Waals surface area contributed by atoms with Crippen molar-refractivity contribution in [3.05, 3.63) is 132 Å². The van der Waals surface area contributed by atoms with Crippen LogP contribution in [-0.2, 0) is 5.54 Å². The lowest BCUT2D eigenvalue weighted by Crippen LogP contribution is -2.58. The number of hydrogen-bond donors (Lipinski definition) is 1. The van der Waals surface area contributed by atoms with E-state index >= 15 is 0 Å². The molecule has 1 fully saturated rings. The molecule has 2 nitrogen and oxygen atoms in total. The maximum atomic E-state index is 3.63. The molecule has 1 saturated heterocycles. The topological polar surface area (TPSA) is 15.3 Å². The number of rotatable bonds is 5. The second-order valence-electron chi connectivity index (χ2n) is 8.69. The van der Waals surface area contributed by atoms with E-state index in [1.54, 1.807) is 0 Å². The average Bonchev–Trinajstić information content (AvgIpc) is 2.87. The second kappa shape index (κ2) is 9.12. The smallest absolute Gasteiger partial charge is 0.0973 e. The highest BCUT2D eigenvalue weighted by molar-refractivity contribution is 5.64. The molecule has 0 aromatic heterocycles. The maximum absolute atomic E-state index is 3.63. The van der Waals surface area contributed by atoms with Gasteiger partial charge >= 0.3 is 0 Å². The van der Waals surface area contributed by atoms with E-state index in [9.17, 15) is 0 Å². The van der Waals surface area contributed by atoms with Crippen molar-refractivity contribution in [2.24, 2.45) is 0 Å². The quantitative estimate of drug-likeness (QED) is 0.404. The van der Waals surface area contributed by atoms with Gasteiger partial charge < -0.3 is 5.32 Å². The average molecular weight is 419 g/mol. The van der Waals surface area contributed by atoms with Gasteiger partial charge in [-0.25, -0.2) is 0 Å². The van der Waals surface area contributed by atoms with Crippen LogP contribution >= 0.6 is 0 Å². The third-order valence-electron chi connectivity index (χ3n) is 6.64. The fourth-order valence-corrected chi connectivity index (χ4v) is 5.18. The first kappa shape index (κ1) is 20.7. The molecule has 1 heterocycles. The first-order chi connectivity index (χ1) is 15.8. The van der Waals surface area contributed by atoms with Gasteiger partial charge in [-0.15, -0.1) is 0 Å². The summed E-state index contributed by atoms with van der Waals surface area (Å²) < 4.78 is 0. The Morgan fingerprint density at radius 3 is 1.62 bits per heavy atom. The summed E-state index contributed by atoms with van der Waals surface area (Å²) in [5.74, 6) is 0. The minimum atomic E-state index is -0.339. The molecule has 0 amide bonds. The molecule has 1 unspecified atom stereocenters. The summed E-state index contributed by atoms with van der Waals surface area (Å²) in [6, 6.07) is 42.3. The molecule has 2 heteroatoms.